The number of fused-ring (bicyclic) bond motifs is 2. The van der Waals surface area contributed by atoms with Crippen LogP contribution < -0.4 is 15.2 Å². The number of hydrogen-bond donors (Lipinski definition) is 1. The Morgan fingerprint density at radius 1 is 1.20 bits per heavy atom. The van der Waals surface area contributed by atoms with Crippen molar-refractivity contribution in [1.82, 2.24) is 9.38 Å². The first-order valence-corrected chi connectivity index (χ1v) is 8.19. The van der Waals surface area contributed by atoms with E-state index in [0.29, 0.717) is 17.6 Å². The molecule has 2 aromatic heterocycles. The Bertz CT molecular complexity index is 991. The predicted octanol–water partition coefficient (Wildman–Crippen LogP) is 2.56. The number of aryl methyl sites for hydroxylation is 4. The summed E-state index contributed by atoms with van der Waals surface area (Å²) in [4.78, 5) is 16.5. The highest BCUT2D eigenvalue weighted by atomic mass is 16.7. The molecule has 4 rings (SSSR count). The fourth-order valence-electron chi connectivity index (χ4n) is 3.33. The number of primary amides is 1. The van der Waals surface area contributed by atoms with Crippen LogP contribution in [0.5, 0.6) is 11.5 Å². The number of ether oxygens (including phenoxy) is 2. The molecule has 6 heteroatoms. The van der Waals surface area contributed by atoms with Crippen molar-refractivity contribution in [2.75, 3.05) is 6.79 Å². The van der Waals surface area contributed by atoms with Gasteiger partial charge in [0.05, 0.1) is 5.56 Å². The minimum absolute atomic E-state index is 0.264. The molecule has 3 heterocycles. The summed E-state index contributed by atoms with van der Waals surface area (Å²) in [5.41, 5.74) is 10.7. The summed E-state index contributed by atoms with van der Waals surface area (Å²) >= 11 is 0. The van der Waals surface area contributed by atoms with Crippen molar-refractivity contribution in [1.29, 1.82) is 0 Å². The Hall–Kier alpha value is -3.02. The van der Waals surface area contributed by atoms with Gasteiger partial charge < -0.3 is 19.6 Å². The third-order valence-corrected chi connectivity index (χ3v) is 4.50. The summed E-state index contributed by atoms with van der Waals surface area (Å²) in [7, 11) is 0. The van der Waals surface area contributed by atoms with Crippen LogP contribution in [-0.4, -0.2) is 22.1 Å². The summed E-state index contributed by atoms with van der Waals surface area (Å²) in [6.07, 6.45) is 3.43. The Kier molecular flexibility index (Phi) is 3.60. The van der Waals surface area contributed by atoms with E-state index in [1.165, 1.54) is 0 Å². The molecule has 2 N–H and O–H groups in total. The molecule has 0 atom stereocenters. The highest BCUT2D eigenvalue weighted by molar-refractivity contribution is 6.00. The Balaban J connectivity index is 1.68. The molecular formula is C19H19N3O3. The lowest BCUT2D eigenvalue weighted by molar-refractivity contribution is 0.100. The summed E-state index contributed by atoms with van der Waals surface area (Å²) in [5.74, 6) is 1.09. The van der Waals surface area contributed by atoms with Crippen LogP contribution in [0, 0.1) is 13.8 Å². The summed E-state index contributed by atoms with van der Waals surface area (Å²) in [5, 5.41) is 0. The number of hydrogen-bond acceptors (Lipinski definition) is 4. The fourth-order valence-corrected chi connectivity index (χ4v) is 3.33. The lowest BCUT2D eigenvalue weighted by Gasteiger charge is -2.04. The van der Waals surface area contributed by atoms with E-state index in [1.54, 1.807) is 0 Å². The Labute approximate surface area is 145 Å². The van der Waals surface area contributed by atoms with E-state index in [1.807, 2.05) is 48.7 Å². The van der Waals surface area contributed by atoms with Crippen molar-refractivity contribution in [3.05, 3.63) is 58.5 Å². The number of nitrogens with zero attached hydrogens (tertiary/aromatic N) is 2. The highest BCUT2D eigenvalue weighted by Gasteiger charge is 2.19. The van der Waals surface area contributed by atoms with Gasteiger partial charge in [0.25, 0.3) is 5.91 Å². The first-order valence-electron chi connectivity index (χ1n) is 8.19. The number of aromatic nitrogens is 2. The molecule has 6 nitrogen and oxygen atoms in total. The minimum atomic E-state index is -0.444. The zero-order chi connectivity index (χ0) is 17.6. The van der Waals surface area contributed by atoms with E-state index < -0.39 is 5.91 Å². The summed E-state index contributed by atoms with van der Waals surface area (Å²) < 4.78 is 12.7. The van der Waals surface area contributed by atoms with E-state index in [0.717, 1.165) is 40.4 Å². The molecule has 0 spiro atoms. The SMILES string of the molecule is Cc1cc(C)n2cc(CCc3ccc4c(c3)OCO4)c(C(N)=O)c2n1. The smallest absolute Gasteiger partial charge is 0.252 e. The maximum Gasteiger partial charge on any atom is 0.252 e. The van der Waals surface area contributed by atoms with Gasteiger partial charge in [0, 0.05) is 17.6 Å². The van der Waals surface area contributed by atoms with Crippen LogP contribution in [0.15, 0.2) is 30.5 Å². The molecule has 0 unspecified atom stereocenters. The topological polar surface area (TPSA) is 78.9 Å². The van der Waals surface area contributed by atoms with Crippen LogP contribution >= 0.6 is 0 Å². The molecule has 0 bridgehead atoms. The van der Waals surface area contributed by atoms with Crippen molar-refractivity contribution in [2.45, 2.75) is 26.7 Å². The first-order chi connectivity index (χ1) is 12.0. The van der Waals surface area contributed by atoms with Gasteiger partial charge in [-0.15, -0.1) is 0 Å². The van der Waals surface area contributed by atoms with E-state index in [2.05, 4.69) is 4.98 Å². The molecule has 25 heavy (non-hydrogen) atoms. The number of rotatable bonds is 4. The number of benzene rings is 1. The molecule has 0 aliphatic carbocycles. The van der Waals surface area contributed by atoms with Crippen LogP contribution in [0.1, 0.15) is 32.9 Å². The van der Waals surface area contributed by atoms with Crippen LogP contribution in [-0.2, 0) is 12.8 Å². The number of nitrogens with two attached hydrogens (primary N) is 1. The zero-order valence-electron chi connectivity index (χ0n) is 14.2. The van der Waals surface area contributed by atoms with Crippen LogP contribution in [0.2, 0.25) is 0 Å². The molecule has 0 fully saturated rings. The largest absolute Gasteiger partial charge is 0.454 e. The third kappa shape index (κ3) is 2.69. The average molecular weight is 337 g/mol. The van der Waals surface area contributed by atoms with Crippen molar-refractivity contribution >= 4 is 11.6 Å². The Morgan fingerprint density at radius 2 is 2.00 bits per heavy atom. The maximum atomic E-state index is 12.0. The van der Waals surface area contributed by atoms with Gasteiger partial charge in [-0.3, -0.25) is 4.79 Å². The van der Waals surface area contributed by atoms with Crippen molar-refractivity contribution in [3.63, 3.8) is 0 Å². The molecule has 1 aliphatic rings. The van der Waals surface area contributed by atoms with Gasteiger partial charge in [-0.25, -0.2) is 4.98 Å². The maximum absolute atomic E-state index is 12.0. The Morgan fingerprint density at radius 3 is 2.80 bits per heavy atom. The highest BCUT2D eigenvalue weighted by Crippen LogP contribution is 2.33. The van der Waals surface area contributed by atoms with E-state index >= 15 is 0 Å². The molecule has 1 aromatic carbocycles. The molecule has 1 aliphatic heterocycles. The normalized spacial score (nSPS) is 12.7. The van der Waals surface area contributed by atoms with Crippen LogP contribution in [0.3, 0.4) is 0 Å². The molecule has 0 saturated heterocycles. The van der Waals surface area contributed by atoms with Gasteiger partial charge >= 0.3 is 0 Å². The fraction of sp³-hybridized carbons (Fsp3) is 0.263. The standard InChI is InChI=1S/C19H19N3O3/c1-11-7-12(2)22-9-14(17(18(20)23)19(22)21-11)5-3-13-4-6-15-16(8-13)25-10-24-15/h4,6-9H,3,5,10H2,1-2H3,(H2,20,23). The number of carbonyl (C=O) groups is 1. The van der Waals surface area contributed by atoms with E-state index in [-0.39, 0.29) is 6.79 Å². The molecule has 0 radical (unpaired) electrons. The molecule has 128 valence electrons. The van der Waals surface area contributed by atoms with Gasteiger partial charge in [-0.2, -0.15) is 0 Å². The summed E-state index contributed by atoms with van der Waals surface area (Å²) in [6, 6.07) is 7.90. The first kappa shape index (κ1) is 15.5. The number of carbonyl (C=O) groups excluding carboxylic acids is 1. The van der Waals surface area contributed by atoms with Crippen molar-refractivity contribution in [3.8, 4) is 11.5 Å². The summed E-state index contributed by atoms with van der Waals surface area (Å²) in [6.45, 7) is 4.17. The minimum Gasteiger partial charge on any atom is -0.454 e. The molecular weight excluding hydrogens is 318 g/mol. The molecule has 3 aromatic rings. The third-order valence-electron chi connectivity index (χ3n) is 4.50. The lowest BCUT2D eigenvalue weighted by Crippen LogP contribution is -2.14. The zero-order valence-corrected chi connectivity index (χ0v) is 14.2. The van der Waals surface area contributed by atoms with Crippen LogP contribution in [0.4, 0.5) is 0 Å². The van der Waals surface area contributed by atoms with Gasteiger partial charge in [0.2, 0.25) is 6.79 Å². The lowest BCUT2D eigenvalue weighted by atomic mass is 10.0. The van der Waals surface area contributed by atoms with Crippen molar-refractivity contribution in [2.24, 2.45) is 5.73 Å². The average Bonchev–Trinajstić information content (AvgIpc) is 3.16. The predicted molar refractivity (Wildman–Crippen MR) is 93.2 cm³/mol. The van der Waals surface area contributed by atoms with Crippen LogP contribution in [0.25, 0.3) is 5.65 Å². The molecule has 0 saturated carbocycles. The molecule has 1 amide bonds. The van der Waals surface area contributed by atoms with Gasteiger partial charge in [0.15, 0.2) is 11.5 Å². The van der Waals surface area contributed by atoms with Gasteiger partial charge in [-0.1, -0.05) is 6.07 Å². The van der Waals surface area contributed by atoms with E-state index in [9.17, 15) is 4.79 Å². The van der Waals surface area contributed by atoms with E-state index in [4.69, 9.17) is 15.2 Å². The second kappa shape index (κ2) is 5.81. The second-order valence-electron chi connectivity index (χ2n) is 6.31. The van der Waals surface area contributed by atoms with Crippen molar-refractivity contribution < 1.29 is 14.3 Å². The monoisotopic (exact) mass is 337 g/mol. The van der Waals surface area contributed by atoms with Gasteiger partial charge in [-0.05, 0) is 56.0 Å². The quantitative estimate of drug-likeness (QED) is 0.793. The number of amides is 1. The second-order valence-corrected chi connectivity index (χ2v) is 6.31. The van der Waals surface area contributed by atoms with Gasteiger partial charge in [0.1, 0.15) is 5.65 Å².